The highest BCUT2D eigenvalue weighted by atomic mass is 19.4. The van der Waals surface area contributed by atoms with Gasteiger partial charge >= 0.3 is 6.18 Å². The van der Waals surface area contributed by atoms with Crippen LogP contribution < -0.4 is 5.32 Å². The van der Waals surface area contributed by atoms with E-state index in [2.05, 4.69) is 10.3 Å². The molecule has 2 aromatic carbocycles. The van der Waals surface area contributed by atoms with E-state index >= 15 is 0 Å². The van der Waals surface area contributed by atoms with Crippen LogP contribution in [0.25, 0.3) is 0 Å². The molecule has 3 rings (SSSR count). The highest BCUT2D eigenvalue weighted by Gasteiger charge is 2.36. The van der Waals surface area contributed by atoms with E-state index < -0.39 is 71.5 Å². The van der Waals surface area contributed by atoms with Crippen molar-refractivity contribution in [1.82, 2.24) is 10.3 Å². The summed E-state index contributed by atoms with van der Waals surface area (Å²) in [6.07, 6.45) is -2.62. The minimum absolute atomic E-state index is 0.000861. The number of amides is 1. The third-order valence-electron chi connectivity index (χ3n) is 7.76. The molecule has 10 heteroatoms. The van der Waals surface area contributed by atoms with Crippen molar-refractivity contribution in [2.24, 2.45) is 17.8 Å². The zero-order valence-corrected chi connectivity index (χ0v) is 25.5. The molecule has 0 aliphatic heterocycles. The predicted molar refractivity (Wildman–Crippen MR) is 162 cm³/mol. The van der Waals surface area contributed by atoms with Crippen molar-refractivity contribution in [1.29, 1.82) is 0 Å². The second kappa shape index (κ2) is 16.0. The molecular weight excluding hydrogens is 585 g/mol. The Balaban J connectivity index is 1.73. The summed E-state index contributed by atoms with van der Waals surface area (Å²) in [5, 5.41) is 2.54. The molecule has 0 radical (unpaired) electrons. The Morgan fingerprint density at radius 1 is 0.822 bits per heavy atom. The van der Waals surface area contributed by atoms with Crippen molar-refractivity contribution >= 4 is 29.0 Å². The van der Waals surface area contributed by atoms with E-state index in [1.165, 1.54) is 49.6 Å². The van der Waals surface area contributed by atoms with Crippen LogP contribution >= 0.6 is 0 Å². The molecule has 3 atom stereocenters. The van der Waals surface area contributed by atoms with Crippen LogP contribution in [0, 0.1) is 17.8 Å². The van der Waals surface area contributed by atoms with Gasteiger partial charge in [0.05, 0.1) is 11.6 Å². The quantitative estimate of drug-likeness (QED) is 0.154. The number of halogens is 3. The standard InChI is InChI=1S/C35H37F3N2O5/c1-22(2)28(33(44)30(41)14-13-24-9-5-4-6-10-24)21-31(42)23(3)40-34(45)27(20-32(43)25-15-17-39-18-16-25)19-26-11-7-8-12-29(26)35(36,37)38/h4-12,15-18,22-23,27-28H,13-14,19-21H2,1-3H3,(H,40,45)/t23-,27+,28-/m0/s1. The summed E-state index contributed by atoms with van der Waals surface area (Å²) < 4.78 is 41.1. The molecule has 3 aromatic rings. The Morgan fingerprint density at radius 3 is 2.07 bits per heavy atom. The summed E-state index contributed by atoms with van der Waals surface area (Å²) in [7, 11) is 0. The Morgan fingerprint density at radius 2 is 1.44 bits per heavy atom. The van der Waals surface area contributed by atoms with Crippen LogP contribution in [0.2, 0.25) is 0 Å². The maximum absolute atomic E-state index is 13.7. The average Bonchev–Trinajstić information content (AvgIpc) is 3.02. The van der Waals surface area contributed by atoms with E-state index in [0.29, 0.717) is 6.42 Å². The van der Waals surface area contributed by atoms with Crippen LogP contribution in [0.1, 0.15) is 67.1 Å². The largest absolute Gasteiger partial charge is 0.416 e. The van der Waals surface area contributed by atoms with Crippen LogP contribution in [0.4, 0.5) is 13.2 Å². The second-order valence-electron chi connectivity index (χ2n) is 11.4. The Bertz CT molecular complexity index is 1490. The lowest BCUT2D eigenvalue weighted by atomic mass is 9.83. The topological polar surface area (TPSA) is 110 Å². The van der Waals surface area contributed by atoms with Crippen LogP contribution in [0.5, 0.6) is 0 Å². The first-order valence-electron chi connectivity index (χ1n) is 14.8. The molecule has 1 amide bonds. The molecule has 0 spiro atoms. The number of hydrogen-bond donors (Lipinski definition) is 1. The van der Waals surface area contributed by atoms with Crippen molar-refractivity contribution in [2.75, 3.05) is 0 Å². The molecule has 0 aliphatic carbocycles. The van der Waals surface area contributed by atoms with Gasteiger partial charge < -0.3 is 5.32 Å². The van der Waals surface area contributed by atoms with Gasteiger partial charge in [-0.05, 0) is 55.0 Å². The van der Waals surface area contributed by atoms with Gasteiger partial charge in [0, 0.05) is 49.1 Å². The van der Waals surface area contributed by atoms with Crippen LogP contribution in [-0.4, -0.2) is 40.1 Å². The minimum atomic E-state index is -4.67. The number of aromatic nitrogens is 1. The summed E-state index contributed by atoms with van der Waals surface area (Å²) >= 11 is 0. The molecule has 0 saturated heterocycles. The van der Waals surface area contributed by atoms with Gasteiger partial charge in [0.1, 0.15) is 0 Å². The second-order valence-corrected chi connectivity index (χ2v) is 11.4. The van der Waals surface area contributed by atoms with Crippen molar-refractivity contribution in [3.05, 3.63) is 101 Å². The Kier molecular flexibility index (Phi) is 12.5. The first-order chi connectivity index (χ1) is 21.3. The summed E-state index contributed by atoms with van der Waals surface area (Å²) in [6, 6.07) is 15.8. The lowest BCUT2D eigenvalue weighted by molar-refractivity contribution is -0.141. The molecule has 7 nitrogen and oxygen atoms in total. The molecule has 1 N–H and O–H groups in total. The molecule has 1 aromatic heterocycles. The molecule has 238 valence electrons. The number of carbonyl (C=O) groups is 5. The highest BCUT2D eigenvalue weighted by molar-refractivity contribution is 6.38. The number of nitrogens with zero attached hydrogens (tertiary/aromatic N) is 1. The van der Waals surface area contributed by atoms with Crippen LogP contribution in [-0.2, 0) is 38.2 Å². The number of carbonyl (C=O) groups excluding carboxylic acids is 5. The third-order valence-corrected chi connectivity index (χ3v) is 7.76. The normalized spacial score (nSPS) is 13.5. The first-order valence-corrected chi connectivity index (χ1v) is 14.8. The van der Waals surface area contributed by atoms with Gasteiger partial charge in [-0.3, -0.25) is 29.0 Å². The number of rotatable bonds is 16. The zero-order chi connectivity index (χ0) is 33.1. The van der Waals surface area contributed by atoms with Gasteiger partial charge in [0.15, 0.2) is 17.3 Å². The summed E-state index contributed by atoms with van der Waals surface area (Å²) in [5.41, 5.74) is 0.0675. The smallest absolute Gasteiger partial charge is 0.346 e. The first kappa shape index (κ1) is 35.0. The molecular formula is C35H37F3N2O5. The zero-order valence-electron chi connectivity index (χ0n) is 25.5. The SMILES string of the molecule is CC(C)[C@H](CC(=O)[C@H](C)NC(=O)[C@@H](CC(=O)c1ccncc1)Cc1ccccc1C(F)(F)F)C(=O)C(=O)CCc1ccccc1. The number of aryl methyl sites for hydroxylation is 1. The van der Waals surface area contributed by atoms with Crippen molar-refractivity contribution in [3.8, 4) is 0 Å². The number of Topliss-reactive ketones (excluding diaryl/α,β-unsaturated/α-hetero) is 4. The van der Waals surface area contributed by atoms with Gasteiger partial charge in [0.2, 0.25) is 11.7 Å². The van der Waals surface area contributed by atoms with Crippen LogP contribution in [0.3, 0.4) is 0 Å². The Labute approximate surface area is 260 Å². The Hall–Kier alpha value is -4.47. The van der Waals surface area contributed by atoms with Crippen LogP contribution in [0.15, 0.2) is 79.1 Å². The number of hydrogen-bond acceptors (Lipinski definition) is 6. The van der Waals surface area contributed by atoms with Gasteiger partial charge in [-0.15, -0.1) is 0 Å². The molecule has 1 heterocycles. The molecule has 45 heavy (non-hydrogen) atoms. The average molecular weight is 623 g/mol. The molecule has 0 bridgehead atoms. The minimum Gasteiger partial charge on any atom is -0.346 e. The lowest BCUT2D eigenvalue weighted by Crippen LogP contribution is -2.44. The number of alkyl halides is 3. The van der Waals surface area contributed by atoms with Crippen molar-refractivity contribution in [3.63, 3.8) is 0 Å². The molecule has 0 saturated carbocycles. The van der Waals surface area contributed by atoms with E-state index in [-0.39, 0.29) is 29.9 Å². The van der Waals surface area contributed by atoms with E-state index in [1.54, 1.807) is 13.8 Å². The highest BCUT2D eigenvalue weighted by Crippen LogP contribution is 2.33. The number of nitrogens with one attached hydrogen (secondary N) is 1. The predicted octanol–water partition coefficient (Wildman–Crippen LogP) is 6.04. The van der Waals surface area contributed by atoms with E-state index in [1.807, 2.05) is 30.3 Å². The fourth-order valence-electron chi connectivity index (χ4n) is 5.05. The van der Waals surface area contributed by atoms with Gasteiger partial charge in [-0.25, -0.2) is 0 Å². The number of ketones is 4. The summed E-state index contributed by atoms with van der Waals surface area (Å²) in [5.74, 6) is -5.47. The molecule has 0 aliphatic rings. The third kappa shape index (κ3) is 10.3. The maximum Gasteiger partial charge on any atom is 0.416 e. The van der Waals surface area contributed by atoms with E-state index in [0.717, 1.165) is 11.6 Å². The molecule has 0 fully saturated rings. The van der Waals surface area contributed by atoms with E-state index in [4.69, 9.17) is 0 Å². The van der Waals surface area contributed by atoms with Gasteiger partial charge in [0.25, 0.3) is 0 Å². The fraction of sp³-hybridized carbons (Fsp3) is 0.371. The van der Waals surface area contributed by atoms with Crippen molar-refractivity contribution in [2.45, 2.75) is 65.1 Å². The van der Waals surface area contributed by atoms with Gasteiger partial charge in [-0.1, -0.05) is 62.4 Å². The van der Waals surface area contributed by atoms with Crippen molar-refractivity contribution < 1.29 is 37.1 Å². The summed E-state index contributed by atoms with van der Waals surface area (Å²) in [6.45, 7) is 4.86. The van der Waals surface area contributed by atoms with E-state index in [9.17, 15) is 37.1 Å². The van der Waals surface area contributed by atoms with Gasteiger partial charge in [-0.2, -0.15) is 13.2 Å². The molecule has 0 unspecified atom stereocenters. The fourth-order valence-corrected chi connectivity index (χ4v) is 5.05. The maximum atomic E-state index is 13.7. The lowest BCUT2D eigenvalue weighted by Gasteiger charge is -2.23. The monoisotopic (exact) mass is 622 g/mol. The number of pyridine rings is 1. The summed E-state index contributed by atoms with van der Waals surface area (Å²) in [4.78, 5) is 69.3. The number of benzene rings is 2.